The van der Waals surface area contributed by atoms with E-state index >= 15 is 0 Å². The maximum Gasteiger partial charge on any atom is 0.355 e. The van der Waals surface area contributed by atoms with E-state index in [1.54, 1.807) is 59.1 Å². The van der Waals surface area contributed by atoms with Gasteiger partial charge in [0, 0.05) is 23.0 Å². The van der Waals surface area contributed by atoms with Crippen molar-refractivity contribution in [2.24, 2.45) is 0 Å². The van der Waals surface area contributed by atoms with E-state index < -0.39 is 18.0 Å². The number of nitrogens with zero attached hydrogens (tertiary/aromatic N) is 1. The molecule has 31 heavy (non-hydrogen) atoms. The van der Waals surface area contributed by atoms with Crippen molar-refractivity contribution in [3.63, 3.8) is 0 Å². The molecule has 8 heteroatoms. The second-order valence-corrected chi connectivity index (χ2v) is 7.55. The molecule has 2 N–H and O–H groups in total. The predicted molar refractivity (Wildman–Crippen MR) is 119 cm³/mol. The van der Waals surface area contributed by atoms with Crippen molar-refractivity contribution in [3.05, 3.63) is 46.8 Å². The number of H-pyrrole nitrogens is 1. The Morgan fingerprint density at radius 3 is 2.23 bits per heavy atom. The van der Waals surface area contributed by atoms with E-state index in [4.69, 9.17) is 9.47 Å². The summed E-state index contributed by atoms with van der Waals surface area (Å²) in [4.78, 5) is 43.0. The predicted octanol–water partition coefficient (Wildman–Crippen LogP) is 4.33. The molecule has 0 radical (unpaired) electrons. The van der Waals surface area contributed by atoms with Gasteiger partial charge in [0.05, 0.1) is 19.8 Å². The zero-order valence-corrected chi connectivity index (χ0v) is 19.2. The van der Waals surface area contributed by atoms with Crippen LogP contribution < -0.4 is 10.1 Å². The van der Waals surface area contributed by atoms with Gasteiger partial charge in [0.25, 0.3) is 0 Å². The van der Waals surface area contributed by atoms with Gasteiger partial charge in [-0.25, -0.2) is 9.59 Å². The molecule has 1 heterocycles. The number of carbonyl (C=O) groups is 3. The number of hydrogen-bond donors (Lipinski definition) is 2. The summed E-state index contributed by atoms with van der Waals surface area (Å²) in [5.41, 5.74) is 2.34. The van der Waals surface area contributed by atoms with Gasteiger partial charge in [0.1, 0.15) is 11.4 Å². The number of nitrogens with one attached hydrogen (secondary N) is 2. The van der Waals surface area contributed by atoms with E-state index in [0.717, 1.165) is 0 Å². The third-order valence-electron chi connectivity index (χ3n) is 5.09. The first kappa shape index (κ1) is 24.0. The molecule has 0 aliphatic heterocycles. The number of ether oxygens (including phenoxy) is 2. The molecule has 0 aliphatic rings. The number of aromatic nitrogens is 1. The van der Waals surface area contributed by atoms with E-state index in [0.29, 0.717) is 28.3 Å². The van der Waals surface area contributed by atoms with Crippen LogP contribution in [-0.2, 0) is 4.74 Å². The first-order chi connectivity index (χ1) is 14.6. The lowest BCUT2D eigenvalue weighted by molar-refractivity contribution is 0.0519. The normalized spacial score (nSPS) is 11.7. The summed E-state index contributed by atoms with van der Waals surface area (Å²) in [5, 5.41) is 2.83. The Bertz CT molecular complexity index is 947. The van der Waals surface area contributed by atoms with Crippen molar-refractivity contribution in [3.8, 4) is 5.75 Å². The van der Waals surface area contributed by atoms with Gasteiger partial charge >= 0.3 is 12.0 Å². The van der Waals surface area contributed by atoms with Crippen LogP contribution in [0.1, 0.15) is 59.8 Å². The summed E-state index contributed by atoms with van der Waals surface area (Å²) in [5.74, 6) is -0.0776. The molecule has 0 saturated carbocycles. The number of Topliss-reactive ketones (excluding diaryl/α,β-unsaturated/α-hetero) is 1. The number of anilines is 1. The molecule has 2 amide bonds. The Labute approximate surface area is 182 Å². The smallest absolute Gasteiger partial charge is 0.355 e. The Kier molecular flexibility index (Phi) is 7.85. The maximum absolute atomic E-state index is 13.4. The highest BCUT2D eigenvalue weighted by Crippen LogP contribution is 2.23. The van der Waals surface area contributed by atoms with Gasteiger partial charge < -0.3 is 24.7 Å². The number of aromatic amines is 1. The highest BCUT2D eigenvalue weighted by Gasteiger charge is 2.32. The van der Waals surface area contributed by atoms with Crippen molar-refractivity contribution < 1.29 is 23.9 Å². The Morgan fingerprint density at radius 2 is 1.71 bits per heavy atom. The molecule has 0 aliphatic carbocycles. The van der Waals surface area contributed by atoms with Crippen LogP contribution >= 0.6 is 0 Å². The fourth-order valence-corrected chi connectivity index (χ4v) is 3.58. The Morgan fingerprint density at radius 1 is 1.10 bits per heavy atom. The van der Waals surface area contributed by atoms with E-state index in [9.17, 15) is 14.4 Å². The molecule has 8 nitrogen and oxygen atoms in total. The third-order valence-corrected chi connectivity index (χ3v) is 5.09. The summed E-state index contributed by atoms with van der Waals surface area (Å²) in [6.07, 6.45) is 0. The molecule has 1 unspecified atom stereocenters. The van der Waals surface area contributed by atoms with Crippen molar-refractivity contribution >= 4 is 23.5 Å². The average molecular weight is 430 g/mol. The molecule has 0 spiro atoms. The van der Waals surface area contributed by atoms with Crippen molar-refractivity contribution in [1.82, 2.24) is 9.88 Å². The van der Waals surface area contributed by atoms with Gasteiger partial charge in [-0.05, 0) is 71.4 Å². The first-order valence-electron chi connectivity index (χ1n) is 10.3. The van der Waals surface area contributed by atoms with E-state index in [-0.39, 0.29) is 24.1 Å². The van der Waals surface area contributed by atoms with E-state index in [1.165, 1.54) is 4.90 Å². The van der Waals surface area contributed by atoms with Gasteiger partial charge in [0.15, 0.2) is 5.78 Å². The van der Waals surface area contributed by atoms with Crippen molar-refractivity contribution in [2.45, 2.75) is 53.6 Å². The molecule has 0 bridgehead atoms. The Balaban J connectivity index is 2.28. The second kappa shape index (κ2) is 10.1. The van der Waals surface area contributed by atoms with Crippen LogP contribution in [0.4, 0.5) is 10.5 Å². The molecular formula is C23H31N3O5. The number of urea groups is 1. The van der Waals surface area contributed by atoms with Crippen LogP contribution in [0.15, 0.2) is 24.3 Å². The van der Waals surface area contributed by atoms with Gasteiger partial charge in [0.2, 0.25) is 0 Å². The third kappa shape index (κ3) is 5.25. The zero-order valence-electron chi connectivity index (χ0n) is 19.2. The van der Waals surface area contributed by atoms with Gasteiger partial charge in [-0.2, -0.15) is 0 Å². The molecule has 0 fully saturated rings. The number of methoxy groups -OCH3 is 1. The molecule has 2 aromatic rings. The number of amides is 2. The topological polar surface area (TPSA) is 101 Å². The lowest BCUT2D eigenvalue weighted by Crippen LogP contribution is -2.49. The zero-order chi connectivity index (χ0) is 23.3. The standard InChI is InChI=1S/C23H31N3O5/c1-8-31-22(28)20-14(4)19(15(5)24-20)21(27)16(6)26(13(2)3)23(29)25-17-9-11-18(30-7)12-10-17/h9-13,16,24H,8H2,1-7H3,(H,25,29). The number of benzene rings is 1. The first-order valence-corrected chi connectivity index (χ1v) is 10.3. The van der Waals surface area contributed by atoms with Gasteiger partial charge in [-0.1, -0.05) is 0 Å². The van der Waals surface area contributed by atoms with E-state index in [2.05, 4.69) is 10.3 Å². The fraction of sp³-hybridized carbons (Fsp3) is 0.435. The number of hydrogen-bond acceptors (Lipinski definition) is 5. The number of ketones is 1. The van der Waals surface area contributed by atoms with Gasteiger partial charge in [-0.15, -0.1) is 0 Å². The van der Waals surface area contributed by atoms with Crippen molar-refractivity contribution in [2.75, 3.05) is 19.0 Å². The molecule has 0 saturated heterocycles. The summed E-state index contributed by atoms with van der Waals surface area (Å²) in [7, 11) is 1.57. The van der Waals surface area contributed by atoms with Crippen LogP contribution in [0.3, 0.4) is 0 Å². The molecule has 1 aromatic heterocycles. The maximum atomic E-state index is 13.4. The van der Waals surface area contributed by atoms with Crippen LogP contribution in [-0.4, -0.2) is 53.5 Å². The SMILES string of the molecule is CCOC(=O)c1[nH]c(C)c(C(=O)C(C)N(C(=O)Nc2ccc(OC)cc2)C(C)C)c1C. The van der Waals surface area contributed by atoms with Crippen LogP contribution in [0.25, 0.3) is 0 Å². The quantitative estimate of drug-likeness (QED) is 0.480. The minimum atomic E-state index is -0.749. The number of carbonyl (C=O) groups excluding carboxylic acids is 3. The lowest BCUT2D eigenvalue weighted by atomic mass is 9.99. The monoisotopic (exact) mass is 429 g/mol. The highest BCUT2D eigenvalue weighted by molar-refractivity contribution is 6.06. The number of rotatable bonds is 8. The molecule has 168 valence electrons. The van der Waals surface area contributed by atoms with Crippen LogP contribution in [0.2, 0.25) is 0 Å². The van der Waals surface area contributed by atoms with E-state index in [1.807, 2.05) is 13.8 Å². The Hall–Kier alpha value is -3.29. The molecule has 2 rings (SSSR count). The lowest BCUT2D eigenvalue weighted by Gasteiger charge is -2.32. The second-order valence-electron chi connectivity index (χ2n) is 7.55. The highest BCUT2D eigenvalue weighted by atomic mass is 16.5. The number of esters is 1. The fourth-order valence-electron chi connectivity index (χ4n) is 3.58. The minimum Gasteiger partial charge on any atom is -0.497 e. The van der Waals surface area contributed by atoms with Crippen LogP contribution in [0.5, 0.6) is 5.75 Å². The summed E-state index contributed by atoms with van der Waals surface area (Å²) < 4.78 is 10.2. The molecule has 1 atom stereocenters. The minimum absolute atomic E-state index is 0.235. The average Bonchev–Trinajstić information content (AvgIpc) is 3.02. The molecule has 1 aromatic carbocycles. The van der Waals surface area contributed by atoms with Crippen LogP contribution in [0, 0.1) is 13.8 Å². The summed E-state index contributed by atoms with van der Waals surface area (Å²) in [6.45, 7) is 10.8. The largest absolute Gasteiger partial charge is 0.497 e. The number of aryl methyl sites for hydroxylation is 1. The van der Waals surface area contributed by atoms with Gasteiger partial charge in [-0.3, -0.25) is 4.79 Å². The van der Waals surface area contributed by atoms with Crippen molar-refractivity contribution in [1.29, 1.82) is 0 Å². The summed E-state index contributed by atoms with van der Waals surface area (Å²) >= 11 is 0. The summed E-state index contributed by atoms with van der Waals surface area (Å²) in [6, 6.07) is 5.57. The molecular weight excluding hydrogens is 398 g/mol.